The van der Waals surface area contributed by atoms with E-state index in [1.54, 1.807) is 0 Å². The van der Waals surface area contributed by atoms with E-state index < -0.39 is 0 Å². The van der Waals surface area contributed by atoms with Crippen molar-refractivity contribution in [2.45, 2.75) is 83.8 Å². The standard InChI is InChI=1S/C18H34N2/c1-4-19-16-12-13(2)11-14(3)18(16)20-10-6-8-15-7-5-9-17(15)20/h13-19H,4-12H2,1-3H3. The molecule has 0 aromatic rings. The van der Waals surface area contributed by atoms with Crippen molar-refractivity contribution in [1.29, 1.82) is 0 Å². The van der Waals surface area contributed by atoms with Gasteiger partial charge in [0.1, 0.15) is 0 Å². The number of nitrogens with zero attached hydrogens (tertiary/aromatic N) is 1. The van der Waals surface area contributed by atoms with Crippen LogP contribution in [0.1, 0.15) is 65.7 Å². The van der Waals surface area contributed by atoms with Crippen LogP contribution in [-0.4, -0.2) is 36.1 Å². The molecule has 2 nitrogen and oxygen atoms in total. The molecule has 0 aromatic carbocycles. The van der Waals surface area contributed by atoms with E-state index >= 15 is 0 Å². The largest absolute Gasteiger partial charge is 0.313 e. The highest BCUT2D eigenvalue weighted by atomic mass is 15.2. The Balaban J connectivity index is 1.77. The molecule has 1 saturated heterocycles. The van der Waals surface area contributed by atoms with Crippen LogP contribution < -0.4 is 5.32 Å². The molecule has 0 radical (unpaired) electrons. The lowest BCUT2D eigenvalue weighted by molar-refractivity contribution is -0.00260. The van der Waals surface area contributed by atoms with E-state index in [-0.39, 0.29) is 0 Å². The number of fused-ring (bicyclic) bond motifs is 1. The Kier molecular flexibility index (Phi) is 4.72. The van der Waals surface area contributed by atoms with E-state index in [0.29, 0.717) is 0 Å². The zero-order chi connectivity index (χ0) is 14.1. The van der Waals surface area contributed by atoms with Gasteiger partial charge < -0.3 is 5.32 Å². The third kappa shape index (κ3) is 2.78. The number of piperidine rings is 1. The van der Waals surface area contributed by atoms with Crippen molar-refractivity contribution in [1.82, 2.24) is 10.2 Å². The van der Waals surface area contributed by atoms with Gasteiger partial charge in [-0.05, 0) is 69.4 Å². The molecule has 3 fully saturated rings. The Labute approximate surface area is 125 Å². The van der Waals surface area contributed by atoms with Crippen LogP contribution in [0.2, 0.25) is 0 Å². The smallest absolute Gasteiger partial charge is 0.0278 e. The summed E-state index contributed by atoms with van der Waals surface area (Å²) in [6, 6.07) is 2.46. The maximum Gasteiger partial charge on any atom is 0.0278 e. The SMILES string of the molecule is CCNC1CC(C)CC(C)C1N1CCCC2CCCC21. The fraction of sp³-hybridized carbons (Fsp3) is 1.00. The van der Waals surface area contributed by atoms with Gasteiger partial charge in [0.15, 0.2) is 0 Å². The fourth-order valence-electron chi connectivity index (χ4n) is 5.73. The quantitative estimate of drug-likeness (QED) is 0.847. The van der Waals surface area contributed by atoms with E-state index in [0.717, 1.165) is 42.4 Å². The highest BCUT2D eigenvalue weighted by molar-refractivity contribution is 5.00. The first-order valence-electron chi connectivity index (χ1n) is 9.19. The average molecular weight is 278 g/mol. The van der Waals surface area contributed by atoms with Crippen molar-refractivity contribution < 1.29 is 0 Å². The maximum atomic E-state index is 3.83. The molecule has 0 amide bonds. The number of rotatable bonds is 3. The van der Waals surface area contributed by atoms with E-state index in [1.807, 2.05) is 0 Å². The van der Waals surface area contributed by atoms with Crippen molar-refractivity contribution >= 4 is 0 Å². The summed E-state index contributed by atoms with van der Waals surface area (Å²) in [6.07, 6.45) is 10.2. The average Bonchev–Trinajstić information content (AvgIpc) is 2.87. The Hall–Kier alpha value is -0.0800. The highest BCUT2D eigenvalue weighted by Gasteiger charge is 2.44. The first kappa shape index (κ1) is 14.8. The minimum atomic E-state index is 0.734. The van der Waals surface area contributed by atoms with Crippen LogP contribution in [0, 0.1) is 17.8 Å². The van der Waals surface area contributed by atoms with Crippen LogP contribution in [0.4, 0.5) is 0 Å². The molecule has 6 atom stereocenters. The van der Waals surface area contributed by atoms with Gasteiger partial charge in [-0.2, -0.15) is 0 Å². The molecule has 3 aliphatic rings. The Morgan fingerprint density at radius 1 is 1.05 bits per heavy atom. The van der Waals surface area contributed by atoms with Gasteiger partial charge in [0.05, 0.1) is 0 Å². The molecule has 20 heavy (non-hydrogen) atoms. The zero-order valence-electron chi connectivity index (χ0n) is 13.8. The monoisotopic (exact) mass is 278 g/mol. The normalized spacial score (nSPS) is 46.4. The third-order valence-electron chi connectivity index (χ3n) is 6.31. The van der Waals surface area contributed by atoms with Crippen molar-refractivity contribution in [3.8, 4) is 0 Å². The Morgan fingerprint density at radius 2 is 1.85 bits per heavy atom. The lowest BCUT2D eigenvalue weighted by Gasteiger charge is -2.51. The van der Waals surface area contributed by atoms with Crippen LogP contribution >= 0.6 is 0 Å². The number of nitrogens with one attached hydrogen (secondary N) is 1. The van der Waals surface area contributed by atoms with Gasteiger partial charge >= 0.3 is 0 Å². The molecule has 6 unspecified atom stereocenters. The second-order valence-corrected chi connectivity index (χ2v) is 7.85. The second-order valence-electron chi connectivity index (χ2n) is 7.85. The summed E-state index contributed by atoms with van der Waals surface area (Å²) in [5.74, 6) is 2.79. The molecule has 2 aliphatic carbocycles. The van der Waals surface area contributed by atoms with Crippen molar-refractivity contribution in [3.63, 3.8) is 0 Å². The van der Waals surface area contributed by atoms with E-state index in [4.69, 9.17) is 0 Å². The molecule has 1 N–H and O–H groups in total. The van der Waals surface area contributed by atoms with Crippen molar-refractivity contribution in [2.24, 2.45) is 17.8 Å². The Morgan fingerprint density at radius 3 is 2.65 bits per heavy atom. The first-order valence-corrected chi connectivity index (χ1v) is 9.19. The molecule has 0 bridgehead atoms. The number of likely N-dealkylation sites (N-methyl/N-ethyl adjacent to an activating group) is 1. The molecule has 3 rings (SSSR count). The van der Waals surface area contributed by atoms with E-state index in [1.165, 1.54) is 51.5 Å². The summed E-state index contributed by atoms with van der Waals surface area (Å²) >= 11 is 0. The summed E-state index contributed by atoms with van der Waals surface area (Å²) in [6.45, 7) is 9.74. The van der Waals surface area contributed by atoms with Crippen molar-refractivity contribution in [3.05, 3.63) is 0 Å². The van der Waals surface area contributed by atoms with Crippen LogP contribution in [0.25, 0.3) is 0 Å². The highest BCUT2D eigenvalue weighted by Crippen LogP contribution is 2.42. The molecule has 116 valence electrons. The summed E-state index contributed by atoms with van der Waals surface area (Å²) in [7, 11) is 0. The van der Waals surface area contributed by atoms with Gasteiger partial charge in [-0.15, -0.1) is 0 Å². The van der Waals surface area contributed by atoms with Gasteiger partial charge in [0, 0.05) is 18.1 Å². The molecular weight excluding hydrogens is 244 g/mol. The van der Waals surface area contributed by atoms with Gasteiger partial charge in [-0.1, -0.05) is 27.2 Å². The molecule has 0 aromatic heterocycles. The zero-order valence-corrected chi connectivity index (χ0v) is 13.8. The van der Waals surface area contributed by atoms with E-state index in [2.05, 4.69) is 31.0 Å². The summed E-state index contributed by atoms with van der Waals surface area (Å²) < 4.78 is 0. The lowest BCUT2D eigenvalue weighted by atomic mass is 9.74. The van der Waals surface area contributed by atoms with Gasteiger partial charge in [-0.25, -0.2) is 0 Å². The van der Waals surface area contributed by atoms with Crippen molar-refractivity contribution in [2.75, 3.05) is 13.1 Å². The van der Waals surface area contributed by atoms with Gasteiger partial charge in [0.25, 0.3) is 0 Å². The lowest BCUT2D eigenvalue weighted by Crippen LogP contribution is -2.61. The molecule has 2 saturated carbocycles. The summed E-state index contributed by atoms with van der Waals surface area (Å²) in [5, 5.41) is 3.83. The molecule has 1 heterocycles. The predicted molar refractivity (Wildman–Crippen MR) is 85.9 cm³/mol. The molecule has 2 heteroatoms. The van der Waals surface area contributed by atoms with Crippen LogP contribution in [0.15, 0.2) is 0 Å². The first-order chi connectivity index (χ1) is 9.70. The third-order valence-corrected chi connectivity index (χ3v) is 6.31. The molecular formula is C18H34N2. The second kappa shape index (κ2) is 6.36. The van der Waals surface area contributed by atoms with Gasteiger partial charge in [-0.3, -0.25) is 4.90 Å². The number of likely N-dealkylation sites (tertiary alicyclic amines) is 1. The minimum Gasteiger partial charge on any atom is -0.313 e. The molecule has 1 aliphatic heterocycles. The number of hydrogen-bond acceptors (Lipinski definition) is 2. The van der Waals surface area contributed by atoms with Gasteiger partial charge in [0.2, 0.25) is 0 Å². The predicted octanol–water partition coefficient (Wildman–Crippen LogP) is 3.66. The topological polar surface area (TPSA) is 15.3 Å². The summed E-state index contributed by atoms with van der Waals surface area (Å²) in [4.78, 5) is 2.96. The number of hydrogen-bond donors (Lipinski definition) is 1. The summed E-state index contributed by atoms with van der Waals surface area (Å²) in [5.41, 5.74) is 0. The van der Waals surface area contributed by atoms with Crippen LogP contribution in [-0.2, 0) is 0 Å². The van der Waals surface area contributed by atoms with E-state index in [9.17, 15) is 0 Å². The van der Waals surface area contributed by atoms with Crippen LogP contribution in [0.3, 0.4) is 0 Å². The maximum absolute atomic E-state index is 3.83. The fourth-order valence-corrected chi connectivity index (χ4v) is 5.73. The molecule has 0 spiro atoms. The van der Waals surface area contributed by atoms with Crippen LogP contribution in [0.5, 0.6) is 0 Å². The minimum absolute atomic E-state index is 0.734. The Bertz CT molecular complexity index is 317.